The SMILES string of the molecule is CCCCCC(C)(C)C(C)(C)CC(C)(C)NC(=O)Oc1ccc([N+](=O)[O-])c(COC(=O)NC(C)(C)CC(C)(C)C(C)(CC)CCCC)c1. The van der Waals surface area contributed by atoms with E-state index in [1.807, 2.05) is 27.7 Å². The molecule has 0 aromatic heterocycles. The minimum Gasteiger partial charge on any atom is -0.444 e. The summed E-state index contributed by atoms with van der Waals surface area (Å²) in [5.74, 6) is 0.125. The van der Waals surface area contributed by atoms with Gasteiger partial charge in [0.2, 0.25) is 0 Å². The molecule has 0 saturated heterocycles. The van der Waals surface area contributed by atoms with Crippen LogP contribution in [0.3, 0.4) is 0 Å². The van der Waals surface area contributed by atoms with Gasteiger partial charge < -0.3 is 20.1 Å². The Morgan fingerprint density at radius 3 is 1.79 bits per heavy atom. The average Bonchev–Trinajstić information content (AvgIpc) is 2.92. The van der Waals surface area contributed by atoms with Crippen molar-refractivity contribution in [3.63, 3.8) is 0 Å². The molecule has 2 N–H and O–H groups in total. The number of hydrogen-bond acceptors (Lipinski definition) is 6. The predicted octanol–water partition coefficient (Wildman–Crippen LogP) is 11.5. The summed E-state index contributed by atoms with van der Waals surface area (Å²) in [5, 5.41) is 17.8. The van der Waals surface area contributed by atoms with Gasteiger partial charge in [-0.15, -0.1) is 0 Å². The van der Waals surface area contributed by atoms with Gasteiger partial charge in [-0.2, -0.15) is 0 Å². The minimum absolute atomic E-state index is 0.0616. The molecular formula is C39H69N3O6. The van der Waals surface area contributed by atoms with Gasteiger partial charge in [-0.1, -0.05) is 108 Å². The van der Waals surface area contributed by atoms with Crippen molar-refractivity contribution in [3.8, 4) is 5.75 Å². The zero-order valence-corrected chi connectivity index (χ0v) is 32.9. The molecule has 0 saturated carbocycles. The number of benzene rings is 1. The minimum atomic E-state index is -0.664. The molecule has 0 fully saturated rings. The zero-order chi connectivity index (χ0) is 37.2. The van der Waals surface area contributed by atoms with Gasteiger partial charge in [-0.05, 0) is 87.2 Å². The summed E-state index contributed by atoms with van der Waals surface area (Å²) in [6.45, 7) is 30.0. The number of alkyl carbamates (subject to hydrolysis) is 1. The lowest BCUT2D eigenvalue weighted by Gasteiger charge is -2.48. The third-order valence-electron chi connectivity index (χ3n) is 11.2. The van der Waals surface area contributed by atoms with Gasteiger partial charge in [0.1, 0.15) is 12.4 Å². The smallest absolute Gasteiger partial charge is 0.413 e. The van der Waals surface area contributed by atoms with Crippen LogP contribution in [0.4, 0.5) is 15.3 Å². The van der Waals surface area contributed by atoms with Crippen LogP contribution in [0.25, 0.3) is 0 Å². The van der Waals surface area contributed by atoms with Crippen molar-refractivity contribution >= 4 is 17.9 Å². The van der Waals surface area contributed by atoms with Crippen molar-refractivity contribution in [3.05, 3.63) is 33.9 Å². The van der Waals surface area contributed by atoms with E-state index in [9.17, 15) is 19.7 Å². The van der Waals surface area contributed by atoms with Gasteiger partial charge in [0.15, 0.2) is 0 Å². The molecule has 0 aliphatic rings. The van der Waals surface area contributed by atoms with E-state index in [1.54, 1.807) is 0 Å². The third kappa shape index (κ3) is 12.9. The highest BCUT2D eigenvalue weighted by Gasteiger charge is 2.43. The lowest BCUT2D eigenvalue weighted by Crippen LogP contribution is -2.50. The van der Waals surface area contributed by atoms with E-state index < -0.39 is 28.2 Å². The fraction of sp³-hybridized carbons (Fsp3) is 0.795. The monoisotopic (exact) mass is 676 g/mol. The molecule has 1 rings (SSSR count). The van der Waals surface area contributed by atoms with Crippen LogP contribution in [0.1, 0.15) is 167 Å². The summed E-state index contributed by atoms with van der Waals surface area (Å²) >= 11 is 0. The Bertz CT molecular complexity index is 1220. The molecule has 0 bridgehead atoms. The Balaban J connectivity index is 2.98. The number of ether oxygens (including phenoxy) is 2. The van der Waals surface area contributed by atoms with Gasteiger partial charge in [-0.25, -0.2) is 9.59 Å². The Kier molecular flexibility index (Phi) is 15.5. The number of rotatable bonds is 20. The van der Waals surface area contributed by atoms with E-state index in [1.165, 1.54) is 37.5 Å². The molecular weight excluding hydrogens is 606 g/mol. The molecule has 0 radical (unpaired) electrons. The van der Waals surface area contributed by atoms with Crippen molar-refractivity contribution < 1.29 is 24.0 Å². The van der Waals surface area contributed by atoms with Gasteiger partial charge >= 0.3 is 12.2 Å². The zero-order valence-electron chi connectivity index (χ0n) is 32.9. The van der Waals surface area contributed by atoms with Crippen LogP contribution in [-0.4, -0.2) is 28.2 Å². The van der Waals surface area contributed by atoms with E-state index in [-0.39, 0.29) is 45.3 Å². The first-order valence-electron chi connectivity index (χ1n) is 18.1. The second-order valence-corrected chi connectivity index (χ2v) is 17.5. The summed E-state index contributed by atoms with van der Waals surface area (Å²) in [6, 6.07) is 4.03. The van der Waals surface area contributed by atoms with E-state index >= 15 is 0 Å². The highest BCUT2D eigenvalue weighted by molar-refractivity contribution is 5.71. The molecule has 276 valence electrons. The van der Waals surface area contributed by atoms with E-state index in [0.717, 1.165) is 44.9 Å². The van der Waals surface area contributed by atoms with Gasteiger partial charge in [0.05, 0.1) is 10.5 Å². The molecule has 9 heteroatoms. The first kappa shape index (κ1) is 43.2. The van der Waals surface area contributed by atoms with Crippen LogP contribution < -0.4 is 15.4 Å². The standard InChI is InChI=1S/C39H69N3O6/c1-15-18-20-23-34(4,5)35(6,7)27-37(10,11)41-33(44)48-30-21-22-31(42(45)46)29(25-30)26-47-32(43)40-38(12,13)28-36(8,9)39(14,17-3)24-19-16-2/h21-22,25H,15-20,23-24,26-28H2,1-14H3,(H,40,43)(H,41,44). The molecule has 2 amide bonds. The predicted molar refractivity (Wildman–Crippen MR) is 196 cm³/mol. The molecule has 1 aromatic rings. The van der Waals surface area contributed by atoms with E-state index in [2.05, 4.69) is 79.9 Å². The summed E-state index contributed by atoms with van der Waals surface area (Å²) in [7, 11) is 0. The van der Waals surface area contributed by atoms with Crippen LogP contribution in [-0.2, 0) is 11.3 Å². The molecule has 0 spiro atoms. The number of nitrogens with one attached hydrogen (secondary N) is 2. The largest absolute Gasteiger partial charge is 0.444 e. The number of nitro benzene ring substituents is 1. The number of unbranched alkanes of at least 4 members (excludes halogenated alkanes) is 3. The molecule has 48 heavy (non-hydrogen) atoms. The van der Waals surface area contributed by atoms with Crippen LogP contribution in [0.5, 0.6) is 5.75 Å². The van der Waals surface area contributed by atoms with Crippen molar-refractivity contribution in [2.75, 3.05) is 0 Å². The maximum atomic E-state index is 13.0. The van der Waals surface area contributed by atoms with Gasteiger partial charge in [0, 0.05) is 17.1 Å². The summed E-state index contributed by atoms with van der Waals surface area (Å²) < 4.78 is 11.1. The van der Waals surface area contributed by atoms with Crippen molar-refractivity contribution in [2.45, 2.75) is 179 Å². The second-order valence-electron chi connectivity index (χ2n) is 17.5. The number of nitro groups is 1. The van der Waals surface area contributed by atoms with Gasteiger partial charge in [0.25, 0.3) is 5.69 Å². The topological polar surface area (TPSA) is 120 Å². The number of carbonyl (C=O) groups excluding carboxylic acids is 2. The quantitative estimate of drug-likeness (QED) is 0.0806. The summed E-state index contributed by atoms with van der Waals surface area (Å²) in [6.07, 6.45) is 9.23. The summed E-state index contributed by atoms with van der Waals surface area (Å²) in [4.78, 5) is 37.3. The third-order valence-corrected chi connectivity index (χ3v) is 11.2. The van der Waals surface area contributed by atoms with E-state index in [0.29, 0.717) is 0 Å². The highest BCUT2D eigenvalue weighted by atomic mass is 16.6. The van der Waals surface area contributed by atoms with Crippen molar-refractivity contribution in [1.82, 2.24) is 10.6 Å². The first-order chi connectivity index (χ1) is 21.9. The molecule has 1 atom stereocenters. The van der Waals surface area contributed by atoms with Crippen LogP contribution >= 0.6 is 0 Å². The van der Waals surface area contributed by atoms with Crippen LogP contribution in [0.15, 0.2) is 18.2 Å². The lowest BCUT2D eigenvalue weighted by atomic mass is 9.59. The fourth-order valence-corrected chi connectivity index (χ4v) is 7.25. The Morgan fingerprint density at radius 2 is 1.27 bits per heavy atom. The fourth-order valence-electron chi connectivity index (χ4n) is 7.25. The van der Waals surface area contributed by atoms with Crippen LogP contribution in [0, 0.1) is 31.8 Å². The Labute approximate surface area is 292 Å². The highest BCUT2D eigenvalue weighted by Crippen LogP contribution is 2.50. The Morgan fingerprint density at radius 1 is 0.729 bits per heavy atom. The maximum absolute atomic E-state index is 13.0. The van der Waals surface area contributed by atoms with Gasteiger partial charge in [-0.3, -0.25) is 10.1 Å². The first-order valence-corrected chi connectivity index (χ1v) is 18.1. The number of amides is 2. The van der Waals surface area contributed by atoms with Crippen LogP contribution in [0.2, 0.25) is 0 Å². The summed E-state index contributed by atoms with van der Waals surface area (Å²) in [5.41, 5.74) is -1.19. The second kappa shape index (κ2) is 17.2. The molecule has 0 aliphatic carbocycles. The normalized spacial score (nSPS) is 14.2. The lowest BCUT2D eigenvalue weighted by molar-refractivity contribution is -0.385. The molecule has 1 aromatic carbocycles. The maximum Gasteiger partial charge on any atom is 0.413 e. The molecule has 0 heterocycles. The molecule has 1 unspecified atom stereocenters. The number of hydrogen-bond donors (Lipinski definition) is 2. The number of nitrogens with zero attached hydrogens (tertiary/aromatic N) is 1. The number of carbonyl (C=O) groups is 2. The molecule has 0 aliphatic heterocycles. The Hall–Kier alpha value is -2.84. The van der Waals surface area contributed by atoms with Crippen molar-refractivity contribution in [2.24, 2.45) is 21.7 Å². The average molecular weight is 676 g/mol. The van der Waals surface area contributed by atoms with E-state index in [4.69, 9.17) is 9.47 Å². The van der Waals surface area contributed by atoms with Crippen molar-refractivity contribution in [1.29, 1.82) is 0 Å². The molecule has 9 nitrogen and oxygen atoms in total.